The number of hydrogen-bond donors (Lipinski definition) is 0. The number of rotatable bonds is 4. The minimum absolute atomic E-state index is 0.0629. The summed E-state index contributed by atoms with van der Waals surface area (Å²) in [6.45, 7) is 4.03. The van der Waals surface area contributed by atoms with Gasteiger partial charge in [-0.3, -0.25) is 4.79 Å². The van der Waals surface area contributed by atoms with Crippen molar-refractivity contribution in [1.29, 1.82) is 0 Å². The van der Waals surface area contributed by atoms with Crippen molar-refractivity contribution in [2.75, 3.05) is 29.5 Å². The molecule has 1 aromatic carbocycles. The number of fused-ring (bicyclic) bond motifs is 1. The van der Waals surface area contributed by atoms with E-state index in [-0.39, 0.29) is 23.5 Å². The van der Waals surface area contributed by atoms with E-state index in [2.05, 4.69) is 28.1 Å². The maximum Gasteiger partial charge on any atom is 0.254 e. The maximum absolute atomic E-state index is 13.1. The lowest BCUT2D eigenvalue weighted by atomic mass is 10.00. The third-order valence-electron chi connectivity index (χ3n) is 5.70. The van der Waals surface area contributed by atoms with Gasteiger partial charge in [-0.2, -0.15) is 0 Å². The smallest absolute Gasteiger partial charge is 0.254 e. The van der Waals surface area contributed by atoms with E-state index in [0.717, 1.165) is 25.3 Å². The predicted molar refractivity (Wildman–Crippen MR) is 109 cm³/mol. The highest BCUT2D eigenvalue weighted by atomic mass is 32.2. The minimum atomic E-state index is -3.03. The second-order valence-corrected chi connectivity index (χ2v) is 9.72. The standard InChI is InChI=1S/C21H25N3O3S/c1-2-24(19-9-12-28(26,27)15-19)21(25)17-7-10-22-20(13-17)23-11-8-16-5-3-4-6-18(16)14-23/h3-7,10,13,19H,2,8-9,11-12,14-15H2,1H3. The molecule has 2 aliphatic heterocycles. The molecule has 2 aliphatic rings. The van der Waals surface area contributed by atoms with Crippen molar-refractivity contribution >= 4 is 21.6 Å². The van der Waals surface area contributed by atoms with Crippen LogP contribution in [0.2, 0.25) is 0 Å². The number of amides is 1. The van der Waals surface area contributed by atoms with Gasteiger partial charge in [0, 0.05) is 37.4 Å². The largest absolute Gasteiger partial charge is 0.352 e. The van der Waals surface area contributed by atoms with Crippen LogP contribution in [0.1, 0.15) is 34.8 Å². The van der Waals surface area contributed by atoms with Crippen LogP contribution in [-0.4, -0.2) is 54.8 Å². The number of anilines is 1. The molecule has 0 spiro atoms. The van der Waals surface area contributed by atoms with Crippen molar-refractivity contribution < 1.29 is 13.2 Å². The molecule has 148 valence electrons. The summed E-state index contributed by atoms with van der Waals surface area (Å²) in [6.07, 6.45) is 3.14. The fraction of sp³-hybridized carbons (Fsp3) is 0.429. The Balaban J connectivity index is 1.54. The fourth-order valence-electron chi connectivity index (χ4n) is 4.17. The molecule has 1 unspecified atom stereocenters. The number of carbonyl (C=O) groups excluding carboxylic acids is 1. The van der Waals surface area contributed by atoms with Gasteiger partial charge in [-0.05, 0) is 43.0 Å². The van der Waals surface area contributed by atoms with Crippen molar-refractivity contribution in [3.8, 4) is 0 Å². The molecule has 0 radical (unpaired) electrons. The van der Waals surface area contributed by atoms with Gasteiger partial charge < -0.3 is 9.80 Å². The zero-order valence-electron chi connectivity index (χ0n) is 16.0. The van der Waals surface area contributed by atoms with E-state index >= 15 is 0 Å². The molecule has 7 heteroatoms. The molecule has 4 rings (SSSR count). The average molecular weight is 400 g/mol. The van der Waals surface area contributed by atoms with E-state index in [1.165, 1.54) is 11.1 Å². The van der Waals surface area contributed by atoms with Gasteiger partial charge in [-0.25, -0.2) is 13.4 Å². The topological polar surface area (TPSA) is 70.6 Å². The van der Waals surface area contributed by atoms with Crippen molar-refractivity contribution in [2.45, 2.75) is 32.4 Å². The molecule has 0 N–H and O–H groups in total. The molecule has 1 fully saturated rings. The summed E-state index contributed by atoms with van der Waals surface area (Å²) < 4.78 is 23.7. The summed E-state index contributed by atoms with van der Waals surface area (Å²) in [5.74, 6) is 0.894. The van der Waals surface area contributed by atoms with Gasteiger partial charge >= 0.3 is 0 Å². The Morgan fingerprint density at radius 1 is 1.25 bits per heavy atom. The minimum Gasteiger partial charge on any atom is -0.352 e. The molecule has 1 atom stereocenters. The number of benzene rings is 1. The van der Waals surface area contributed by atoms with Gasteiger partial charge in [-0.15, -0.1) is 0 Å². The van der Waals surface area contributed by atoms with Crippen LogP contribution in [0.5, 0.6) is 0 Å². The van der Waals surface area contributed by atoms with Crippen LogP contribution in [-0.2, 0) is 22.8 Å². The second kappa shape index (κ2) is 7.54. The molecule has 6 nitrogen and oxygen atoms in total. The third-order valence-corrected chi connectivity index (χ3v) is 7.45. The number of aromatic nitrogens is 1. The first-order chi connectivity index (χ1) is 13.5. The third kappa shape index (κ3) is 3.76. The molecule has 0 saturated carbocycles. The van der Waals surface area contributed by atoms with Crippen molar-refractivity contribution in [1.82, 2.24) is 9.88 Å². The highest BCUT2D eigenvalue weighted by Crippen LogP contribution is 2.25. The van der Waals surface area contributed by atoms with Crippen LogP contribution in [0, 0.1) is 0 Å². The lowest BCUT2D eigenvalue weighted by molar-refractivity contribution is 0.0708. The van der Waals surface area contributed by atoms with Crippen molar-refractivity contribution in [3.05, 3.63) is 59.3 Å². The molecule has 0 aliphatic carbocycles. The Morgan fingerprint density at radius 3 is 2.75 bits per heavy atom. The van der Waals surface area contributed by atoms with Gasteiger partial charge in [0.1, 0.15) is 5.82 Å². The fourth-order valence-corrected chi connectivity index (χ4v) is 5.90. The average Bonchev–Trinajstić information content (AvgIpc) is 3.07. The second-order valence-electron chi connectivity index (χ2n) is 7.49. The Morgan fingerprint density at radius 2 is 2.04 bits per heavy atom. The summed E-state index contributed by atoms with van der Waals surface area (Å²) in [6, 6.07) is 11.7. The van der Waals surface area contributed by atoms with Gasteiger partial charge in [0.2, 0.25) is 0 Å². The summed E-state index contributed by atoms with van der Waals surface area (Å²) in [4.78, 5) is 21.5. The molecule has 1 saturated heterocycles. The Hall–Kier alpha value is -2.41. The summed E-state index contributed by atoms with van der Waals surface area (Å²) in [5.41, 5.74) is 3.22. The number of carbonyl (C=O) groups is 1. The van der Waals surface area contributed by atoms with E-state index in [0.29, 0.717) is 18.5 Å². The Bertz CT molecular complexity index is 990. The van der Waals surface area contributed by atoms with E-state index in [4.69, 9.17) is 0 Å². The molecular weight excluding hydrogens is 374 g/mol. The maximum atomic E-state index is 13.1. The van der Waals surface area contributed by atoms with Gasteiger partial charge in [0.25, 0.3) is 5.91 Å². The number of sulfone groups is 1. The van der Waals surface area contributed by atoms with Crippen LogP contribution in [0.3, 0.4) is 0 Å². The number of pyridine rings is 1. The van der Waals surface area contributed by atoms with Gasteiger partial charge in [0.15, 0.2) is 9.84 Å². The van der Waals surface area contributed by atoms with Gasteiger partial charge in [-0.1, -0.05) is 24.3 Å². The highest BCUT2D eigenvalue weighted by Gasteiger charge is 2.34. The Kier molecular flexibility index (Phi) is 5.10. The lowest BCUT2D eigenvalue weighted by Crippen LogP contribution is -2.41. The molecule has 3 heterocycles. The zero-order chi connectivity index (χ0) is 19.7. The zero-order valence-corrected chi connectivity index (χ0v) is 16.9. The molecule has 1 aromatic heterocycles. The van der Waals surface area contributed by atoms with Crippen LogP contribution in [0.4, 0.5) is 5.82 Å². The summed E-state index contributed by atoms with van der Waals surface area (Å²) in [5, 5.41) is 0. The first-order valence-electron chi connectivity index (χ1n) is 9.76. The molecule has 2 aromatic rings. The summed E-state index contributed by atoms with van der Waals surface area (Å²) >= 11 is 0. The van der Waals surface area contributed by atoms with E-state index in [1.807, 2.05) is 19.1 Å². The Labute approximate surface area is 166 Å². The van der Waals surface area contributed by atoms with Crippen molar-refractivity contribution in [2.24, 2.45) is 0 Å². The number of nitrogens with zero attached hydrogens (tertiary/aromatic N) is 3. The summed E-state index contributed by atoms with van der Waals surface area (Å²) in [7, 11) is -3.03. The van der Waals surface area contributed by atoms with E-state index < -0.39 is 9.84 Å². The predicted octanol–water partition coefficient (Wildman–Crippen LogP) is 2.29. The van der Waals surface area contributed by atoms with Gasteiger partial charge in [0.05, 0.1) is 11.5 Å². The van der Waals surface area contributed by atoms with Crippen LogP contribution < -0.4 is 4.90 Å². The normalized spacial score (nSPS) is 20.6. The van der Waals surface area contributed by atoms with Crippen LogP contribution in [0.15, 0.2) is 42.6 Å². The first kappa shape index (κ1) is 18.9. The molecular formula is C21H25N3O3S. The lowest BCUT2D eigenvalue weighted by Gasteiger charge is -2.30. The highest BCUT2D eigenvalue weighted by molar-refractivity contribution is 7.91. The molecule has 28 heavy (non-hydrogen) atoms. The SMILES string of the molecule is CCN(C(=O)c1ccnc(N2CCc3ccccc3C2)c1)C1CCS(=O)(=O)C1. The first-order valence-corrected chi connectivity index (χ1v) is 11.6. The molecule has 0 bridgehead atoms. The van der Waals surface area contributed by atoms with E-state index in [1.54, 1.807) is 17.2 Å². The van der Waals surface area contributed by atoms with Crippen LogP contribution in [0.25, 0.3) is 0 Å². The quantitative estimate of drug-likeness (QED) is 0.789. The molecule has 1 amide bonds. The van der Waals surface area contributed by atoms with Crippen molar-refractivity contribution in [3.63, 3.8) is 0 Å². The van der Waals surface area contributed by atoms with Crippen LogP contribution >= 0.6 is 0 Å². The number of hydrogen-bond acceptors (Lipinski definition) is 5. The monoisotopic (exact) mass is 399 g/mol. The van der Waals surface area contributed by atoms with E-state index in [9.17, 15) is 13.2 Å².